The second-order valence-electron chi connectivity index (χ2n) is 6.47. The standard InChI is InChI=1S/C24H26O4/c1-3-5-7-18-8-10-21(11-9-18)24(27)28-22-15-12-20(13-16-22)19(6-4-2)14-17-23(25)26/h4,6,8-16H,3,5,7,17H2,1-2H3,(H,25,26)/b6-4-,19-14+. The molecule has 0 amide bonds. The van der Waals surface area contributed by atoms with Crippen molar-refractivity contribution in [3.05, 3.63) is 83.4 Å². The first-order valence-electron chi connectivity index (χ1n) is 9.49. The third kappa shape index (κ3) is 6.54. The first-order chi connectivity index (χ1) is 13.5. The molecule has 28 heavy (non-hydrogen) atoms. The van der Waals surface area contributed by atoms with E-state index >= 15 is 0 Å². The first kappa shape index (κ1) is 21.2. The van der Waals surface area contributed by atoms with Crippen LogP contribution in [0.15, 0.2) is 66.8 Å². The molecule has 0 heterocycles. The van der Waals surface area contributed by atoms with Crippen molar-refractivity contribution in [3.63, 3.8) is 0 Å². The molecule has 0 unspecified atom stereocenters. The molecule has 4 nitrogen and oxygen atoms in total. The van der Waals surface area contributed by atoms with Crippen LogP contribution < -0.4 is 4.74 Å². The zero-order valence-corrected chi connectivity index (χ0v) is 16.4. The van der Waals surface area contributed by atoms with Crippen LogP contribution >= 0.6 is 0 Å². The number of aryl methyl sites for hydroxylation is 1. The molecular formula is C24H26O4. The van der Waals surface area contributed by atoms with Crippen LogP contribution in [0.1, 0.15) is 54.6 Å². The second-order valence-corrected chi connectivity index (χ2v) is 6.47. The Morgan fingerprint density at radius 3 is 2.21 bits per heavy atom. The summed E-state index contributed by atoms with van der Waals surface area (Å²) >= 11 is 0. The Labute approximate surface area is 166 Å². The van der Waals surface area contributed by atoms with Crippen molar-refractivity contribution in [1.82, 2.24) is 0 Å². The summed E-state index contributed by atoms with van der Waals surface area (Å²) in [5.41, 5.74) is 3.40. The fourth-order valence-corrected chi connectivity index (χ4v) is 2.73. The Morgan fingerprint density at radius 2 is 1.64 bits per heavy atom. The maximum Gasteiger partial charge on any atom is 0.343 e. The van der Waals surface area contributed by atoms with Crippen LogP contribution in [0.4, 0.5) is 0 Å². The number of carboxylic acids is 1. The lowest BCUT2D eigenvalue weighted by atomic mass is 10.0. The number of carbonyl (C=O) groups is 2. The van der Waals surface area contributed by atoms with Gasteiger partial charge in [0.25, 0.3) is 0 Å². The molecule has 2 aromatic carbocycles. The number of allylic oxidation sites excluding steroid dienone is 3. The van der Waals surface area contributed by atoms with Crippen molar-refractivity contribution in [2.45, 2.75) is 39.5 Å². The van der Waals surface area contributed by atoms with Crippen molar-refractivity contribution in [3.8, 4) is 5.75 Å². The van der Waals surface area contributed by atoms with Gasteiger partial charge in [-0.3, -0.25) is 4.79 Å². The van der Waals surface area contributed by atoms with Gasteiger partial charge in [0.15, 0.2) is 0 Å². The predicted octanol–water partition coefficient (Wildman–Crippen LogP) is 5.68. The zero-order valence-electron chi connectivity index (χ0n) is 16.4. The SMILES string of the molecule is C/C=C\C(=C/CC(=O)O)c1ccc(OC(=O)c2ccc(CCCC)cc2)cc1. The minimum atomic E-state index is -0.881. The van der Waals surface area contributed by atoms with Crippen LogP contribution in [0.3, 0.4) is 0 Å². The quantitative estimate of drug-likeness (QED) is 0.346. The minimum Gasteiger partial charge on any atom is -0.481 e. The summed E-state index contributed by atoms with van der Waals surface area (Å²) in [7, 11) is 0. The normalized spacial score (nSPS) is 11.6. The van der Waals surface area contributed by atoms with Crippen LogP contribution in [-0.2, 0) is 11.2 Å². The Hall–Kier alpha value is -3.14. The van der Waals surface area contributed by atoms with E-state index < -0.39 is 11.9 Å². The van der Waals surface area contributed by atoms with Crippen LogP contribution in [0.25, 0.3) is 5.57 Å². The van der Waals surface area contributed by atoms with Gasteiger partial charge in [-0.15, -0.1) is 0 Å². The lowest BCUT2D eigenvalue weighted by molar-refractivity contribution is -0.135. The molecule has 0 aliphatic carbocycles. The van der Waals surface area contributed by atoms with Gasteiger partial charge in [-0.05, 0) is 60.7 Å². The van der Waals surface area contributed by atoms with Gasteiger partial charge in [0.1, 0.15) is 5.75 Å². The molecule has 0 aliphatic rings. The summed E-state index contributed by atoms with van der Waals surface area (Å²) in [6.45, 7) is 4.03. The molecule has 0 fully saturated rings. The van der Waals surface area contributed by atoms with Gasteiger partial charge >= 0.3 is 11.9 Å². The lowest BCUT2D eigenvalue weighted by Crippen LogP contribution is -2.08. The Morgan fingerprint density at radius 1 is 1.00 bits per heavy atom. The van der Waals surface area contributed by atoms with Crippen molar-refractivity contribution < 1.29 is 19.4 Å². The van der Waals surface area contributed by atoms with E-state index in [0.29, 0.717) is 11.3 Å². The highest BCUT2D eigenvalue weighted by molar-refractivity contribution is 5.91. The number of unbranched alkanes of at least 4 members (excludes halogenated alkanes) is 1. The minimum absolute atomic E-state index is 0.0509. The fraction of sp³-hybridized carbons (Fsp3) is 0.250. The highest BCUT2D eigenvalue weighted by Crippen LogP contribution is 2.21. The van der Waals surface area contributed by atoms with Crippen LogP contribution in [0, 0.1) is 0 Å². The van der Waals surface area contributed by atoms with E-state index in [1.807, 2.05) is 43.3 Å². The molecule has 146 valence electrons. The first-order valence-corrected chi connectivity index (χ1v) is 9.49. The maximum atomic E-state index is 12.3. The molecule has 0 saturated carbocycles. The van der Waals surface area contributed by atoms with E-state index in [1.165, 1.54) is 5.56 Å². The molecular weight excluding hydrogens is 352 g/mol. The Bertz CT molecular complexity index is 843. The molecule has 0 bridgehead atoms. The lowest BCUT2D eigenvalue weighted by Gasteiger charge is -2.07. The summed E-state index contributed by atoms with van der Waals surface area (Å²) in [5, 5.41) is 8.86. The van der Waals surface area contributed by atoms with E-state index in [9.17, 15) is 9.59 Å². The number of benzene rings is 2. The van der Waals surface area contributed by atoms with E-state index in [0.717, 1.165) is 30.4 Å². The third-order valence-electron chi connectivity index (χ3n) is 4.25. The van der Waals surface area contributed by atoms with Gasteiger partial charge in [-0.25, -0.2) is 4.79 Å². The molecule has 1 N–H and O–H groups in total. The number of ether oxygens (including phenoxy) is 1. The third-order valence-corrected chi connectivity index (χ3v) is 4.25. The molecule has 0 aliphatic heterocycles. The summed E-state index contributed by atoms with van der Waals surface area (Å²) < 4.78 is 5.44. The summed E-state index contributed by atoms with van der Waals surface area (Å²) in [6, 6.07) is 14.6. The topological polar surface area (TPSA) is 63.6 Å². The molecule has 2 rings (SSSR count). The Kier molecular flexibility index (Phi) is 8.22. The van der Waals surface area contributed by atoms with Gasteiger partial charge in [0.05, 0.1) is 12.0 Å². The van der Waals surface area contributed by atoms with Gasteiger partial charge in [0, 0.05) is 0 Å². The van der Waals surface area contributed by atoms with Gasteiger partial charge in [0.2, 0.25) is 0 Å². The Balaban J connectivity index is 2.05. The number of carboxylic acid groups (broad SMARTS) is 1. The van der Waals surface area contributed by atoms with E-state index in [2.05, 4.69) is 6.92 Å². The smallest absolute Gasteiger partial charge is 0.343 e. The van der Waals surface area contributed by atoms with E-state index in [1.54, 1.807) is 30.3 Å². The van der Waals surface area contributed by atoms with Gasteiger partial charge in [-0.1, -0.05) is 55.8 Å². The number of hydrogen-bond acceptors (Lipinski definition) is 3. The van der Waals surface area contributed by atoms with Crippen LogP contribution in [0.5, 0.6) is 5.75 Å². The predicted molar refractivity (Wildman–Crippen MR) is 111 cm³/mol. The number of aliphatic carboxylic acids is 1. The fourth-order valence-electron chi connectivity index (χ4n) is 2.73. The maximum absolute atomic E-state index is 12.3. The highest BCUT2D eigenvalue weighted by Gasteiger charge is 2.09. The number of carbonyl (C=O) groups excluding carboxylic acids is 1. The van der Waals surface area contributed by atoms with Gasteiger partial charge in [-0.2, -0.15) is 0 Å². The average molecular weight is 378 g/mol. The molecule has 0 saturated heterocycles. The number of rotatable bonds is 9. The summed E-state index contributed by atoms with van der Waals surface area (Å²) in [4.78, 5) is 23.1. The average Bonchev–Trinajstić information content (AvgIpc) is 2.70. The van der Waals surface area contributed by atoms with Gasteiger partial charge < -0.3 is 9.84 Å². The van der Waals surface area contributed by atoms with Crippen LogP contribution in [-0.4, -0.2) is 17.0 Å². The van der Waals surface area contributed by atoms with Crippen LogP contribution in [0.2, 0.25) is 0 Å². The van der Waals surface area contributed by atoms with Crippen molar-refractivity contribution in [2.24, 2.45) is 0 Å². The summed E-state index contributed by atoms with van der Waals surface area (Å²) in [6.07, 6.45) is 8.59. The summed E-state index contributed by atoms with van der Waals surface area (Å²) in [5.74, 6) is -0.833. The molecule has 0 radical (unpaired) electrons. The molecule has 0 spiro atoms. The molecule has 0 aromatic heterocycles. The highest BCUT2D eigenvalue weighted by atomic mass is 16.5. The van der Waals surface area contributed by atoms with E-state index in [-0.39, 0.29) is 6.42 Å². The largest absolute Gasteiger partial charge is 0.481 e. The number of esters is 1. The van der Waals surface area contributed by atoms with E-state index in [4.69, 9.17) is 9.84 Å². The zero-order chi connectivity index (χ0) is 20.4. The monoisotopic (exact) mass is 378 g/mol. The molecule has 0 atom stereocenters. The number of hydrogen-bond donors (Lipinski definition) is 1. The second kappa shape index (κ2) is 10.9. The molecule has 2 aromatic rings. The molecule has 4 heteroatoms. The van der Waals surface area contributed by atoms with Crippen molar-refractivity contribution in [2.75, 3.05) is 0 Å². The van der Waals surface area contributed by atoms with Crippen molar-refractivity contribution in [1.29, 1.82) is 0 Å². The van der Waals surface area contributed by atoms with Crippen molar-refractivity contribution >= 4 is 17.5 Å².